The Hall–Kier alpha value is -2.84. The molecule has 8 heteroatoms. The summed E-state index contributed by atoms with van der Waals surface area (Å²) in [5, 5.41) is 0. The third-order valence-electron chi connectivity index (χ3n) is 7.28. The van der Waals surface area contributed by atoms with Gasteiger partial charge in [-0.15, -0.1) is 0 Å². The van der Waals surface area contributed by atoms with Crippen LogP contribution in [0.15, 0.2) is 42.7 Å². The predicted molar refractivity (Wildman–Crippen MR) is 144 cm³/mol. The van der Waals surface area contributed by atoms with E-state index in [0.29, 0.717) is 35.8 Å². The normalized spacial score (nSPS) is 20.4. The number of hydrogen-bond acceptors (Lipinski definition) is 5. The molecule has 0 bridgehead atoms. The molecular weight excluding hydrogens is 469 g/mol. The van der Waals surface area contributed by atoms with E-state index in [0.717, 1.165) is 52.0 Å². The fourth-order valence-electron chi connectivity index (χ4n) is 5.54. The lowest BCUT2D eigenvalue weighted by Crippen LogP contribution is -2.41. The Morgan fingerprint density at radius 3 is 2.54 bits per heavy atom. The number of nitrogens with zero attached hydrogens (tertiary/aromatic N) is 5. The summed E-state index contributed by atoms with van der Waals surface area (Å²) in [6.07, 6.45) is 5.72. The van der Waals surface area contributed by atoms with Crippen molar-refractivity contribution in [1.29, 1.82) is 0 Å². The van der Waals surface area contributed by atoms with Gasteiger partial charge >= 0.3 is 0 Å². The Balaban J connectivity index is 1.70. The molecule has 1 fully saturated rings. The second-order valence-corrected chi connectivity index (χ2v) is 10.9. The zero-order chi connectivity index (χ0) is 26.4. The first kappa shape index (κ1) is 27.2. The van der Waals surface area contributed by atoms with E-state index in [1.165, 1.54) is 12.1 Å². The molecule has 0 N–H and O–H groups in total. The van der Waals surface area contributed by atoms with Crippen LogP contribution in [0.2, 0.25) is 0 Å². The van der Waals surface area contributed by atoms with Crippen molar-refractivity contribution < 1.29 is 14.0 Å². The van der Waals surface area contributed by atoms with E-state index in [2.05, 4.69) is 28.6 Å². The van der Waals surface area contributed by atoms with Crippen molar-refractivity contribution in [2.24, 2.45) is 11.8 Å². The highest BCUT2D eigenvalue weighted by atomic mass is 19.1. The van der Waals surface area contributed by atoms with Gasteiger partial charge in [-0.05, 0) is 87.8 Å². The molecule has 2 amide bonds. The van der Waals surface area contributed by atoms with Crippen LogP contribution in [-0.2, 0) is 11.3 Å². The minimum atomic E-state index is -0.365. The SMILES string of the molecule is CC(C)CN1CCCN(C(=O)C2CCN(C)C2)Cc2cc(F)ccc2N(C(=O)c2cccnc2)CCC1. The first-order valence-electron chi connectivity index (χ1n) is 13.5. The summed E-state index contributed by atoms with van der Waals surface area (Å²) in [7, 11) is 2.04. The van der Waals surface area contributed by atoms with Gasteiger partial charge in [0.25, 0.3) is 5.91 Å². The van der Waals surface area contributed by atoms with E-state index < -0.39 is 0 Å². The highest BCUT2D eigenvalue weighted by molar-refractivity contribution is 6.06. The first-order valence-corrected chi connectivity index (χ1v) is 13.5. The maximum atomic E-state index is 14.5. The van der Waals surface area contributed by atoms with E-state index in [4.69, 9.17) is 0 Å². The molecule has 2 aliphatic heterocycles. The number of pyridine rings is 1. The van der Waals surface area contributed by atoms with Gasteiger partial charge in [-0.3, -0.25) is 14.6 Å². The molecule has 2 aliphatic rings. The van der Waals surface area contributed by atoms with E-state index in [9.17, 15) is 14.0 Å². The molecule has 1 atom stereocenters. The van der Waals surface area contributed by atoms with Crippen LogP contribution in [0.5, 0.6) is 0 Å². The number of hydrogen-bond donors (Lipinski definition) is 0. The zero-order valence-corrected chi connectivity index (χ0v) is 22.4. The number of carbonyl (C=O) groups is 2. The van der Waals surface area contributed by atoms with E-state index in [-0.39, 0.29) is 30.1 Å². The minimum Gasteiger partial charge on any atom is -0.338 e. The molecule has 200 valence electrons. The van der Waals surface area contributed by atoms with Gasteiger partial charge in [-0.25, -0.2) is 4.39 Å². The number of benzene rings is 1. The highest BCUT2D eigenvalue weighted by Gasteiger charge is 2.31. The lowest BCUT2D eigenvalue weighted by molar-refractivity contribution is -0.135. The van der Waals surface area contributed by atoms with Crippen LogP contribution in [0.25, 0.3) is 0 Å². The van der Waals surface area contributed by atoms with E-state index in [1.54, 1.807) is 35.5 Å². The van der Waals surface area contributed by atoms with Crippen LogP contribution >= 0.6 is 0 Å². The van der Waals surface area contributed by atoms with Crippen LogP contribution in [0.4, 0.5) is 10.1 Å². The number of anilines is 1. The molecule has 2 aromatic rings. The van der Waals surface area contributed by atoms with Gasteiger partial charge in [0.2, 0.25) is 5.91 Å². The maximum Gasteiger partial charge on any atom is 0.259 e. The van der Waals surface area contributed by atoms with Gasteiger partial charge in [0.15, 0.2) is 0 Å². The van der Waals surface area contributed by atoms with Crippen molar-refractivity contribution in [1.82, 2.24) is 19.7 Å². The van der Waals surface area contributed by atoms with Crippen molar-refractivity contribution in [3.8, 4) is 0 Å². The van der Waals surface area contributed by atoms with Crippen molar-refractivity contribution in [3.05, 3.63) is 59.7 Å². The summed E-state index contributed by atoms with van der Waals surface area (Å²) in [4.78, 5) is 39.7. The molecule has 0 spiro atoms. The molecule has 0 saturated carbocycles. The van der Waals surface area contributed by atoms with Gasteiger partial charge < -0.3 is 19.6 Å². The molecule has 0 radical (unpaired) electrons. The third-order valence-corrected chi connectivity index (χ3v) is 7.28. The number of carbonyl (C=O) groups excluding carboxylic acids is 2. The largest absolute Gasteiger partial charge is 0.338 e. The zero-order valence-electron chi connectivity index (χ0n) is 22.4. The van der Waals surface area contributed by atoms with Crippen LogP contribution in [-0.4, -0.2) is 84.4 Å². The molecule has 1 aromatic heterocycles. The number of rotatable bonds is 4. The van der Waals surface area contributed by atoms with Gasteiger partial charge in [0, 0.05) is 50.8 Å². The summed E-state index contributed by atoms with van der Waals surface area (Å²) >= 11 is 0. The summed E-state index contributed by atoms with van der Waals surface area (Å²) in [6.45, 7) is 10.2. The number of amides is 2. The summed E-state index contributed by atoms with van der Waals surface area (Å²) in [6, 6.07) is 8.07. The van der Waals surface area contributed by atoms with Gasteiger partial charge in [0.05, 0.1) is 11.5 Å². The monoisotopic (exact) mass is 509 g/mol. The molecule has 0 aliphatic carbocycles. The lowest BCUT2D eigenvalue weighted by atomic mass is 10.0. The Labute approximate surface area is 220 Å². The van der Waals surface area contributed by atoms with E-state index >= 15 is 0 Å². The van der Waals surface area contributed by atoms with Crippen molar-refractivity contribution in [3.63, 3.8) is 0 Å². The average molecular weight is 510 g/mol. The van der Waals surface area contributed by atoms with Gasteiger partial charge in [-0.1, -0.05) is 13.8 Å². The average Bonchev–Trinajstić information content (AvgIpc) is 3.31. The Bertz CT molecular complexity index is 1060. The van der Waals surface area contributed by atoms with Crippen molar-refractivity contribution in [2.45, 2.75) is 39.7 Å². The Kier molecular flexibility index (Phi) is 9.27. The van der Waals surface area contributed by atoms with Crippen molar-refractivity contribution in [2.75, 3.05) is 57.8 Å². The van der Waals surface area contributed by atoms with Crippen LogP contribution < -0.4 is 4.90 Å². The van der Waals surface area contributed by atoms with Crippen molar-refractivity contribution >= 4 is 17.5 Å². The molecule has 1 saturated heterocycles. The Morgan fingerprint density at radius 1 is 1.08 bits per heavy atom. The smallest absolute Gasteiger partial charge is 0.259 e. The Morgan fingerprint density at radius 2 is 1.86 bits per heavy atom. The van der Waals surface area contributed by atoms with Gasteiger partial charge in [-0.2, -0.15) is 0 Å². The minimum absolute atomic E-state index is 0.0465. The van der Waals surface area contributed by atoms with Gasteiger partial charge in [0.1, 0.15) is 5.82 Å². The van der Waals surface area contributed by atoms with Crippen LogP contribution in [0.1, 0.15) is 49.0 Å². The molecule has 1 aromatic carbocycles. The van der Waals surface area contributed by atoms with E-state index in [1.807, 2.05) is 11.9 Å². The number of halogens is 1. The molecule has 7 nitrogen and oxygen atoms in total. The fraction of sp³-hybridized carbons (Fsp3) is 0.552. The fourth-order valence-corrected chi connectivity index (χ4v) is 5.54. The summed E-state index contributed by atoms with van der Waals surface area (Å²) < 4.78 is 14.5. The van der Waals surface area contributed by atoms with Crippen LogP contribution in [0, 0.1) is 17.7 Å². The lowest BCUT2D eigenvalue weighted by Gasteiger charge is -2.33. The molecular formula is C29H40FN5O2. The number of aromatic nitrogens is 1. The summed E-state index contributed by atoms with van der Waals surface area (Å²) in [5.41, 5.74) is 1.81. The highest BCUT2D eigenvalue weighted by Crippen LogP contribution is 2.28. The molecule has 4 rings (SSSR count). The quantitative estimate of drug-likeness (QED) is 0.626. The standard InChI is InChI=1S/C29H40FN5O2/c1-22(2)19-33-12-5-14-34(28(36)24-10-16-32(3)20-24)21-25-17-26(30)8-9-27(25)35(15-6-13-33)29(37)23-7-4-11-31-18-23/h4,7-9,11,17-18,22,24H,5-6,10,12-16,19-21H2,1-3H3. The number of fused-ring (bicyclic) bond motifs is 1. The molecule has 37 heavy (non-hydrogen) atoms. The second kappa shape index (κ2) is 12.6. The third kappa shape index (κ3) is 7.14. The topological polar surface area (TPSA) is 60.0 Å². The molecule has 3 heterocycles. The predicted octanol–water partition coefficient (Wildman–Crippen LogP) is 3.90. The molecule has 1 unspecified atom stereocenters. The first-order chi connectivity index (χ1) is 17.8. The summed E-state index contributed by atoms with van der Waals surface area (Å²) in [5.74, 6) is 0.0722. The maximum absolute atomic E-state index is 14.5. The van der Waals surface area contributed by atoms with Crippen LogP contribution in [0.3, 0.4) is 0 Å². The second-order valence-electron chi connectivity index (χ2n) is 10.9. The number of likely N-dealkylation sites (tertiary alicyclic amines) is 1.